The van der Waals surface area contributed by atoms with Crippen molar-refractivity contribution in [1.29, 1.82) is 0 Å². The molecule has 3 rings (SSSR count). The van der Waals surface area contributed by atoms with Gasteiger partial charge in [0.05, 0.1) is 0 Å². The number of nitrogens with zero attached hydrogens (tertiary/aromatic N) is 1. The quantitative estimate of drug-likeness (QED) is 0.823. The SMILES string of the molecule is O=C(NCc1ccc(Cl)cc1)C1CCN(S(=O)(=O)c2ccccc2F)CC1. The van der Waals surface area contributed by atoms with Crippen molar-refractivity contribution in [3.05, 3.63) is 64.9 Å². The van der Waals surface area contributed by atoms with E-state index in [0.29, 0.717) is 24.4 Å². The van der Waals surface area contributed by atoms with Crippen LogP contribution in [0.2, 0.25) is 5.02 Å². The van der Waals surface area contributed by atoms with Crippen LogP contribution in [0.3, 0.4) is 0 Å². The van der Waals surface area contributed by atoms with Gasteiger partial charge in [0.2, 0.25) is 15.9 Å². The van der Waals surface area contributed by atoms with Crippen molar-refractivity contribution >= 4 is 27.5 Å². The fourth-order valence-corrected chi connectivity index (χ4v) is 4.75. The molecule has 1 N–H and O–H groups in total. The molecule has 1 aliphatic heterocycles. The first-order chi connectivity index (χ1) is 12.9. The minimum Gasteiger partial charge on any atom is -0.352 e. The molecule has 27 heavy (non-hydrogen) atoms. The van der Waals surface area contributed by atoms with Gasteiger partial charge in [0.25, 0.3) is 0 Å². The number of piperidine rings is 1. The Morgan fingerprint density at radius 2 is 1.74 bits per heavy atom. The van der Waals surface area contributed by atoms with E-state index in [2.05, 4.69) is 5.32 Å². The maximum atomic E-state index is 13.9. The summed E-state index contributed by atoms with van der Waals surface area (Å²) in [4.78, 5) is 12.0. The topological polar surface area (TPSA) is 66.5 Å². The van der Waals surface area contributed by atoms with Gasteiger partial charge in [-0.3, -0.25) is 4.79 Å². The number of hydrogen-bond acceptors (Lipinski definition) is 3. The molecule has 144 valence electrons. The summed E-state index contributed by atoms with van der Waals surface area (Å²) in [5, 5.41) is 3.51. The molecule has 1 heterocycles. The molecule has 2 aromatic rings. The molecule has 8 heteroatoms. The smallest absolute Gasteiger partial charge is 0.245 e. The molecule has 1 aliphatic rings. The Bertz CT molecular complexity index is 911. The zero-order valence-corrected chi connectivity index (χ0v) is 16.1. The maximum Gasteiger partial charge on any atom is 0.245 e. The van der Waals surface area contributed by atoms with Crippen LogP contribution in [-0.4, -0.2) is 31.7 Å². The Labute approximate surface area is 163 Å². The van der Waals surface area contributed by atoms with Gasteiger partial charge in [0.15, 0.2) is 0 Å². The summed E-state index contributed by atoms with van der Waals surface area (Å²) in [6.07, 6.45) is 0.806. The van der Waals surface area contributed by atoms with Crippen LogP contribution in [0.1, 0.15) is 18.4 Å². The Morgan fingerprint density at radius 1 is 1.11 bits per heavy atom. The molecular weight excluding hydrogens is 391 g/mol. The van der Waals surface area contributed by atoms with Crippen LogP contribution in [0.5, 0.6) is 0 Å². The first-order valence-corrected chi connectivity index (χ1v) is 10.5. The lowest BCUT2D eigenvalue weighted by Gasteiger charge is -2.30. The molecule has 5 nitrogen and oxygen atoms in total. The van der Waals surface area contributed by atoms with E-state index in [4.69, 9.17) is 11.6 Å². The Kier molecular flexibility index (Phi) is 6.14. The molecule has 0 saturated carbocycles. The Hall–Kier alpha value is -1.96. The van der Waals surface area contributed by atoms with E-state index < -0.39 is 15.8 Å². The molecule has 0 unspecified atom stereocenters. The van der Waals surface area contributed by atoms with Gasteiger partial charge in [-0.05, 0) is 42.7 Å². The first kappa shape index (κ1) is 19.8. The number of amides is 1. The highest BCUT2D eigenvalue weighted by molar-refractivity contribution is 7.89. The summed E-state index contributed by atoms with van der Waals surface area (Å²) in [5.74, 6) is -1.13. The van der Waals surface area contributed by atoms with Crippen molar-refractivity contribution in [2.24, 2.45) is 5.92 Å². The Morgan fingerprint density at radius 3 is 2.37 bits per heavy atom. The molecule has 2 aromatic carbocycles. The van der Waals surface area contributed by atoms with Gasteiger partial charge in [0.1, 0.15) is 10.7 Å². The van der Waals surface area contributed by atoms with E-state index in [1.165, 1.54) is 22.5 Å². The summed E-state index contributed by atoms with van der Waals surface area (Å²) < 4.78 is 40.3. The summed E-state index contributed by atoms with van der Waals surface area (Å²) in [7, 11) is -3.89. The summed E-state index contributed by atoms with van der Waals surface area (Å²) >= 11 is 5.84. The molecule has 0 aliphatic carbocycles. The molecule has 0 aromatic heterocycles. The normalized spacial score (nSPS) is 16.2. The second-order valence-corrected chi connectivity index (χ2v) is 8.80. The van der Waals surface area contributed by atoms with Gasteiger partial charge in [-0.15, -0.1) is 0 Å². The molecule has 0 atom stereocenters. The molecule has 0 radical (unpaired) electrons. The van der Waals surface area contributed by atoms with Crippen molar-refractivity contribution in [2.45, 2.75) is 24.3 Å². The predicted molar refractivity (Wildman–Crippen MR) is 101 cm³/mol. The van der Waals surface area contributed by atoms with Crippen molar-refractivity contribution in [3.8, 4) is 0 Å². The van der Waals surface area contributed by atoms with E-state index in [9.17, 15) is 17.6 Å². The van der Waals surface area contributed by atoms with Crippen molar-refractivity contribution in [1.82, 2.24) is 9.62 Å². The minimum atomic E-state index is -3.89. The van der Waals surface area contributed by atoms with Crippen LogP contribution in [0.15, 0.2) is 53.4 Å². The van der Waals surface area contributed by atoms with E-state index in [1.807, 2.05) is 12.1 Å². The van der Waals surface area contributed by atoms with E-state index in [-0.39, 0.29) is 29.8 Å². The monoisotopic (exact) mass is 410 g/mol. The summed E-state index contributed by atoms with van der Waals surface area (Å²) in [5.41, 5.74) is 0.937. The number of carbonyl (C=O) groups is 1. The second kappa shape index (κ2) is 8.37. The highest BCUT2D eigenvalue weighted by Gasteiger charge is 2.33. The number of benzene rings is 2. The third kappa shape index (κ3) is 4.66. The lowest BCUT2D eigenvalue weighted by molar-refractivity contribution is -0.126. The zero-order valence-electron chi connectivity index (χ0n) is 14.6. The third-order valence-corrected chi connectivity index (χ3v) is 6.84. The first-order valence-electron chi connectivity index (χ1n) is 8.65. The minimum absolute atomic E-state index is 0.104. The second-order valence-electron chi connectivity index (χ2n) is 6.45. The molecule has 0 bridgehead atoms. The Balaban J connectivity index is 1.56. The van der Waals surface area contributed by atoms with E-state index in [1.54, 1.807) is 12.1 Å². The lowest BCUT2D eigenvalue weighted by Crippen LogP contribution is -2.43. The molecule has 1 fully saturated rings. The van der Waals surface area contributed by atoms with Gasteiger partial charge in [-0.2, -0.15) is 4.31 Å². The van der Waals surface area contributed by atoms with Crippen LogP contribution >= 0.6 is 11.6 Å². The number of rotatable bonds is 5. The van der Waals surface area contributed by atoms with Crippen LogP contribution in [0, 0.1) is 11.7 Å². The lowest BCUT2D eigenvalue weighted by atomic mass is 9.97. The van der Waals surface area contributed by atoms with Gasteiger partial charge in [-0.25, -0.2) is 12.8 Å². The van der Waals surface area contributed by atoms with Crippen LogP contribution < -0.4 is 5.32 Å². The highest BCUT2D eigenvalue weighted by atomic mass is 35.5. The summed E-state index contributed by atoms with van der Waals surface area (Å²) in [6, 6.07) is 12.5. The van der Waals surface area contributed by atoms with E-state index >= 15 is 0 Å². The largest absolute Gasteiger partial charge is 0.352 e. The zero-order chi connectivity index (χ0) is 19.4. The average molecular weight is 411 g/mol. The fourth-order valence-electron chi connectivity index (χ4n) is 3.09. The maximum absolute atomic E-state index is 13.9. The van der Waals surface area contributed by atoms with Crippen molar-refractivity contribution in [3.63, 3.8) is 0 Å². The molecule has 1 amide bonds. The number of nitrogens with one attached hydrogen (secondary N) is 1. The fraction of sp³-hybridized carbons (Fsp3) is 0.316. The average Bonchev–Trinajstić information content (AvgIpc) is 2.67. The summed E-state index contributed by atoms with van der Waals surface area (Å²) in [6.45, 7) is 0.773. The highest BCUT2D eigenvalue weighted by Crippen LogP contribution is 2.25. The molecule has 0 spiro atoms. The molecule has 1 saturated heterocycles. The third-order valence-electron chi connectivity index (χ3n) is 4.66. The van der Waals surface area contributed by atoms with Gasteiger partial charge in [0, 0.05) is 30.6 Å². The van der Waals surface area contributed by atoms with Gasteiger partial charge >= 0.3 is 0 Å². The van der Waals surface area contributed by atoms with Crippen molar-refractivity contribution < 1.29 is 17.6 Å². The number of carbonyl (C=O) groups excluding carboxylic acids is 1. The van der Waals surface area contributed by atoms with Crippen LogP contribution in [0.25, 0.3) is 0 Å². The van der Waals surface area contributed by atoms with Crippen LogP contribution in [0.4, 0.5) is 4.39 Å². The van der Waals surface area contributed by atoms with Gasteiger partial charge < -0.3 is 5.32 Å². The number of halogens is 2. The van der Waals surface area contributed by atoms with Crippen molar-refractivity contribution in [2.75, 3.05) is 13.1 Å². The standard InChI is InChI=1S/C19H20ClFN2O3S/c20-16-7-5-14(6-8-16)13-22-19(24)15-9-11-23(12-10-15)27(25,26)18-4-2-1-3-17(18)21/h1-8,15H,9-13H2,(H,22,24). The molecular formula is C19H20ClFN2O3S. The van der Waals surface area contributed by atoms with Gasteiger partial charge in [-0.1, -0.05) is 35.9 Å². The number of sulfonamides is 1. The van der Waals surface area contributed by atoms with E-state index in [0.717, 1.165) is 11.6 Å². The number of hydrogen-bond donors (Lipinski definition) is 1. The predicted octanol–water partition coefficient (Wildman–Crippen LogP) is 3.20. The van der Waals surface area contributed by atoms with Crippen LogP contribution in [-0.2, 0) is 21.4 Å².